The Labute approximate surface area is 234 Å². The van der Waals surface area contributed by atoms with E-state index in [2.05, 4.69) is 39.0 Å². The molecule has 39 heavy (non-hydrogen) atoms. The maximum absolute atomic E-state index is 12.1. The Morgan fingerprint density at radius 3 is 2.67 bits per heavy atom. The second-order valence-corrected chi connectivity index (χ2v) is 11.0. The topological polar surface area (TPSA) is 86.9 Å². The van der Waals surface area contributed by atoms with Crippen LogP contribution in [-0.4, -0.2) is 41.1 Å². The number of ether oxygens (including phenoxy) is 2. The summed E-state index contributed by atoms with van der Waals surface area (Å²) in [6, 6.07) is 17.9. The summed E-state index contributed by atoms with van der Waals surface area (Å²) < 4.78 is 12.1. The smallest absolute Gasteiger partial charge is 0.368 e. The van der Waals surface area contributed by atoms with Crippen LogP contribution in [0.2, 0.25) is 5.02 Å². The number of hydrogen-bond acceptors (Lipinski definition) is 7. The van der Waals surface area contributed by atoms with Crippen LogP contribution in [0, 0.1) is 0 Å². The van der Waals surface area contributed by atoms with E-state index >= 15 is 0 Å². The highest BCUT2D eigenvalue weighted by molar-refractivity contribution is 6.30. The van der Waals surface area contributed by atoms with Crippen molar-refractivity contribution in [3.05, 3.63) is 94.3 Å². The average Bonchev–Trinajstić information content (AvgIpc) is 3.10. The Hall–Kier alpha value is -3.39. The van der Waals surface area contributed by atoms with Gasteiger partial charge in [-0.05, 0) is 99.7 Å². The highest BCUT2D eigenvalue weighted by atomic mass is 35.5. The van der Waals surface area contributed by atoms with E-state index in [1.807, 2.05) is 30.3 Å². The number of likely N-dealkylation sites (tertiary alicyclic amines) is 1. The van der Waals surface area contributed by atoms with Crippen LogP contribution in [0.5, 0.6) is 11.5 Å². The fourth-order valence-corrected chi connectivity index (χ4v) is 5.44. The number of halogens is 1. The Morgan fingerprint density at radius 2 is 1.92 bits per heavy atom. The van der Waals surface area contributed by atoms with Gasteiger partial charge < -0.3 is 19.2 Å². The predicted molar refractivity (Wildman–Crippen MR) is 152 cm³/mol. The SMILES string of the molecule is CC(C)(Oc1ccc2c(c1)C(=CCCN1CCC(c3ccc(Cl)cc3)CC1)c1cccnc1CO2)C(=O)ON. The first kappa shape index (κ1) is 27.2. The summed E-state index contributed by atoms with van der Waals surface area (Å²) >= 11 is 6.07. The Bertz CT molecular complexity index is 1350. The van der Waals surface area contributed by atoms with Crippen molar-refractivity contribution >= 4 is 23.1 Å². The molecule has 0 aliphatic carbocycles. The fraction of sp³-hybridized carbons (Fsp3) is 0.355. The Balaban J connectivity index is 1.33. The van der Waals surface area contributed by atoms with Crippen LogP contribution in [0.15, 0.2) is 66.9 Å². The monoisotopic (exact) mass is 547 g/mol. The quantitative estimate of drug-likeness (QED) is 0.368. The maximum atomic E-state index is 12.1. The fourth-order valence-electron chi connectivity index (χ4n) is 5.31. The van der Waals surface area contributed by atoms with E-state index in [0.717, 1.165) is 72.1 Å². The number of fused-ring (bicyclic) bond motifs is 2. The van der Waals surface area contributed by atoms with E-state index < -0.39 is 11.6 Å². The van der Waals surface area contributed by atoms with E-state index in [1.54, 1.807) is 26.1 Å². The number of carbonyl (C=O) groups is 1. The molecule has 2 aromatic carbocycles. The van der Waals surface area contributed by atoms with E-state index in [1.165, 1.54) is 5.56 Å². The van der Waals surface area contributed by atoms with E-state index in [0.29, 0.717) is 18.3 Å². The molecule has 0 unspecified atom stereocenters. The molecule has 2 aliphatic heterocycles. The molecule has 1 saturated heterocycles. The molecule has 1 fully saturated rings. The molecule has 0 spiro atoms. The van der Waals surface area contributed by atoms with Crippen LogP contribution in [0.3, 0.4) is 0 Å². The molecule has 5 rings (SSSR count). The summed E-state index contributed by atoms with van der Waals surface area (Å²) in [6.45, 7) is 6.72. The van der Waals surface area contributed by atoms with Crippen molar-refractivity contribution in [1.29, 1.82) is 0 Å². The lowest BCUT2D eigenvalue weighted by Crippen LogP contribution is -2.41. The molecule has 8 heteroatoms. The first-order valence-corrected chi connectivity index (χ1v) is 13.7. The van der Waals surface area contributed by atoms with Crippen LogP contribution in [-0.2, 0) is 16.2 Å². The molecule has 204 valence electrons. The lowest BCUT2D eigenvalue weighted by molar-refractivity contribution is -0.159. The van der Waals surface area contributed by atoms with Crippen molar-refractivity contribution in [3.63, 3.8) is 0 Å². The number of hydrogen-bond donors (Lipinski definition) is 1. The third-order valence-corrected chi connectivity index (χ3v) is 7.73. The van der Waals surface area contributed by atoms with Gasteiger partial charge in [0.2, 0.25) is 5.60 Å². The number of piperidine rings is 1. The van der Waals surface area contributed by atoms with Crippen molar-refractivity contribution in [2.24, 2.45) is 5.90 Å². The van der Waals surface area contributed by atoms with Crippen LogP contribution < -0.4 is 15.4 Å². The van der Waals surface area contributed by atoms with Crippen molar-refractivity contribution in [2.45, 2.75) is 51.2 Å². The lowest BCUT2D eigenvalue weighted by Gasteiger charge is -2.32. The molecule has 0 amide bonds. The van der Waals surface area contributed by atoms with Gasteiger partial charge in [0.1, 0.15) is 18.1 Å². The molecule has 2 N–H and O–H groups in total. The molecule has 0 bridgehead atoms. The molecule has 0 saturated carbocycles. The zero-order chi connectivity index (χ0) is 27.4. The highest BCUT2D eigenvalue weighted by Crippen LogP contribution is 2.39. The van der Waals surface area contributed by atoms with Crippen molar-refractivity contribution in [3.8, 4) is 11.5 Å². The van der Waals surface area contributed by atoms with Gasteiger partial charge in [-0.15, -0.1) is 0 Å². The molecular formula is C31H34ClN3O4. The Kier molecular flexibility index (Phi) is 8.21. The van der Waals surface area contributed by atoms with Crippen LogP contribution >= 0.6 is 11.6 Å². The van der Waals surface area contributed by atoms with Gasteiger partial charge in [0, 0.05) is 28.9 Å². The molecule has 7 nitrogen and oxygen atoms in total. The molecule has 2 aliphatic rings. The summed E-state index contributed by atoms with van der Waals surface area (Å²) in [5, 5.41) is 0.784. The van der Waals surface area contributed by atoms with Gasteiger partial charge in [-0.3, -0.25) is 4.98 Å². The second kappa shape index (κ2) is 11.8. The minimum atomic E-state index is -1.24. The van der Waals surface area contributed by atoms with Crippen LogP contribution in [0.25, 0.3) is 5.57 Å². The zero-order valence-electron chi connectivity index (χ0n) is 22.4. The number of carbonyl (C=O) groups excluding carboxylic acids is 1. The standard InChI is InChI=1S/C31H34ClN3O4/c1-31(2,30(36)39-33)38-24-11-12-29-27(19-24)25(26-5-3-15-34-28(26)20-37-29)6-4-16-35-17-13-22(14-18-35)21-7-9-23(32)10-8-21/h3,5-12,15,19,22H,4,13-14,16-18,20,33H2,1-2H3. The summed E-state index contributed by atoms with van der Waals surface area (Å²) in [5.74, 6) is 6.30. The number of rotatable bonds is 7. The molecule has 0 radical (unpaired) electrons. The summed E-state index contributed by atoms with van der Waals surface area (Å²) in [6.07, 6.45) is 7.22. The van der Waals surface area contributed by atoms with Crippen molar-refractivity contribution in [1.82, 2.24) is 9.88 Å². The zero-order valence-corrected chi connectivity index (χ0v) is 23.1. The first-order valence-electron chi connectivity index (χ1n) is 13.3. The number of pyridine rings is 1. The average molecular weight is 548 g/mol. The van der Waals surface area contributed by atoms with Gasteiger partial charge in [-0.25, -0.2) is 4.79 Å². The van der Waals surface area contributed by atoms with Gasteiger partial charge in [-0.1, -0.05) is 35.9 Å². The lowest BCUT2D eigenvalue weighted by atomic mass is 9.89. The molecule has 3 aromatic rings. The first-order chi connectivity index (χ1) is 18.8. The summed E-state index contributed by atoms with van der Waals surface area (Å²) in [7, 11) is 0. The third-order valence-electron chi connectivity index (χ3n) is 7.48. The third kappa shape index (κ3) is 6.27. The molecule has 0 atom stereocenters. The number of nitrogens with two attached hydrogens (primary N) is 1. The van der Waals surface area contributed by atoms with E-state index in [4.69, 9.17) is 27.0 Å². The normalized spacial score (nSPS) is 17.1. The Morgan fingerprint density at radius 1 is 1.15 bits per heavy atom. The summed E-state index contributed by atoms with van der Waals surface area (Å²) in [5.41, 5.74) is 4.01. The van der Waals surface area contributed by atoms with Gasteiger partial charge in [0.05, 0.1) is 5.69 Å². The van der Waals surface area contributed by atoms with Crippen molar-refractivity contribution in [2.75, 3.05) is 19.6 Å². The second-order valence-electron chi connectivity index (χ2n) is 10.5. The highest BCUT2D eigenvalue weighted by Gasteiger charge is 2.32. The van der Waals surface area contributed by atoms with Gasteiger partial charge in [0.25, 0.3) is 0 Å². The van der Waals surface area contributed by atoms with Crippen molar-refractivity contribution < 1.29 is 19.1 Å². The van der Waals surface area contributed by atoms with Gasteiger partial charge in [0.15, 0.2) is 0 Å². The summed E-state index contributed by atoms with van der Waals surface area (Å²) in [4.78, 5) is 23.6. The number of aromatic nitrogens is 1. The van der Waals surface area contributed by atoms with Gasteiger partial charge >= 0.3 is 5.97 Å². The van der Waals surface area contributed by atoms with Gasteiger partial charge in [-0.2, -0.15) is 5.90 Å². The predicted octanol–water partition coefficient (Wildman–Crippen LogP) is 5.90. The minimum absolute atomic E-state index is 0.379. The molecule has 3 heterocycles. The minimum Gasteiger partial charge on any atom is -0.487 e. The maximum Gasteiger partial charge on any atom is 0.368 e. The van der Waals surface area contributed by atoms with Crippen LogP contribution in [0.1, 0.15) is 61.4 Å². The van der Waals surface area contributed by atoms with E-state index in [9.17, 15) is 4.79 Å². The number of benzene rings is 2. The molecular weight excluding hydrogens is 514 g/mol. The molecule has 1 aromatic heterocycles. The van der Waals surface area contributed by atoms with E-state index in [-0.39, 0.29) is 0 Å². The van der Waals surface area contributed by atoms with Crippen LogP contribution in [0.4, 0.5) is 0 Å². The number of nitrogens with zero attached hydrogens (tertiary/aromatic N) is 2. The largest absolute Gasteiger partial charge is 0.487 e.